The van der Waals surface area contributed by atoms with Gasteiger partial charge in [0.1, 0.15) is 7.05 Å². The van der Waals surface area contributed by atoms with Crippen LogP contribution in [0.15, 0.2) is 84.9 Å². The van der Waals surface area contributed by atoms with Crippen molar-refractivity contribution in [3.8, 4) is 22.4 Å². The third-order valence-corrected chi connectivity index (χ3v) is 5.50. The number of rotatable bonds is 2. The van der Waals surface area contributed by atoms with E-state index >= 15 is 0 Å². The molecule has 0 aliphatic carbocycles. The number of aryl methyl sites for hydroxylation is 1. The van der Waals surface area contributed by atoms with Crippen molar-refractivity contribution in [1.29, 1.82) is 0 Å². The molecule has 0 aliphatic heterocycles. The Morgan fingerprint density at radius 3 is 2.00 bits per heavy atom. The molecule has 2 nitrogen and oxygen atoms in total. The summed E-state index contributed by atoms with van der Waals surface area (Å²) in [6, 6.07) is 29.9. The Kier molecular flexibility index (Phi) is 3.58. The first kappa shape index (κ1) is 15.8. The van der Waals surface area contributed by atoms with Crippen LogP contribution in [0.1, 0.15) is 5.69 Å². The fourth-order valence-corrected chi connectivity index (χ4v) is 4.15. The van der Waals surface area contributed by atoms with Crippen molar-refractivity contribution in [3.05, 3.63) is 90.6 Å². The molecule has 0 amide bonds. The monoisotopic (exact) mass is 349 g/mol. The number of nitrogens with zero attached hydrogens (tertiary/aromatic N) is 1. The molecule has 5 rings (SSSR count). The topological polar surface area (TPSA) is 19.7 Å². The van der Waals surface area contributed by atoms with Gasteiger partial charge >= 0.3 is 0 Å². The van der Waals surface area contributed by atoms with Gasteiger partial charge in [-0.15, -0.1) is 0 Å². The van der Waals surface area contributed by atoms with Crippen molar-refractivity contribution in [1.82, 2.24) is 4.98 Å². The van der Waals surface area contributed by atoms with Gasteiger partial charge in [0.15, 0.2) is 5.69 Å². The van der Waals surface area contributed by atoms with E-state index in [0.29, 0.717) is 0 Å². The van der Waals surface area contributed by atoms with Gasteiger partial charge in [-0.2, -0.15) is 4.57 Å². The molecule has 1 N–H and O–H groups in total. The van der Waals surface area contributed by atoms with Gasteiger partial charge in [-0.1, -0.05) is 66.7 Å². The molecule has 0 radical (unpaired) electrons. The van der Waals surface area contributed by atoms with Crippen LogP contribution < -0.4 is 4.57 Å². The van der Waals surface area contributed by atoms with E-state index in [2.05, 4.69) is 108 Å². The quantitative estimate of drug-likeness (QED) is 0.389. The Labute approximate surface area is 158 Å². The number of benzene rings is 3. The van der Waals surface area contributed by atoms with Crippen molar-refractivity contribution in [2.75, 3.05) is 0 Å². The van der Waals surface area contributed by atoms with Crippen LogP contribution in [0.25, 0.3) is 44.2 Å². The lowest BCUT2D eigenvalue weighted by Crippen LogP contribution is -2.35. The Bertz CT molecular complexity index is 1270. The van der Waals surface area contributed by atoms with Gasteiger partial charge in [0, 0.05) is 23.4 Å². The maximum atomic E-state index is 3.71. The smallest absolute Gasteiger partial charge is 0.222 e. The summed E-state index contributed by atoms with van der Waals surface area (Å²) in [5.74, 6) is 0. The summed E-state index contributed by atoms with van der Waals surface area (Å²) in [4.78, 5) is 3.71. The number of aromatic nitrogens is 2. The van der Waals surface area contributed by atoms with Crippen molar-refractivity contribution in [2.45, 2.75) is 6.92 Å². The lowest BCUT2D eigenvalue weighted by atomic mass is 9.95. The molecule has 130 valence electrons. The molecule has 2 heterocycles. The summed E-state index contributed by atoms with van der Waals surface area (Å²) >= 11 is 0. The molecule has 0 spiro atoms. The highest BCUT2D eigenvalue weighted by molar-refractivity contribution is 6.14. The van der Waals surface area contributed by atoms with E-state index in [4.69, 9.17) is 0 Å². The largest absolute Gasteiger partial charge is 0.354 e. The third-order valence-electron chi connectivity index (χ3n) is 5.50. The van der Waals surface area contributed by atoms with Crippen LogP contribution in [-0.4, -0.2) is 4.98 Å². The van der Waals surface area contributed by atoms with Crippen LogP contribution in [0.4, 0.5) is 0 Å². The molecule has 0 unspecified atom stereocenters. The second kappa shape index (κ2) is 6.10. The molecule has 0 saturated carbocycles. The number of aromatic amines is 1. The van der Waals surface area contributed by atoms with Crippen LogP contribution in [-0.2, 0) is 7.05 Å². The zero-order valence-electron chi connectivity index (χ0n) is 15.5. The van der Waals surface area contributed by atoms with E-state index in [1.165, 1.54) is 49.9 Å². The highest BCUT2D eigenvalue weighted by Crippen LogP contribution is 2.39. The molecule has 2 aromatic heterocycles. The second-order valence-corrected chi connectivity index (χ2v) is 7.02. The molecule has 0 saturated heterocycles. The highest BCUT2D eigenvalue weighted by atomic mass is 15.0. The van der Waals surface area contributed by atoms with Gasteiger partial charge in [0.25, 0.3) is 0 Å². The number of nitrogens with one attached hydrogen (secondary N) is 1. The predicted molar refractivity (Wildman–Crippen MR) is 113 cm³/mol. The van der Waals surface area contributed by atoms with E-state index in [0.717, 1.165) is 0 Å². The highest BCUT2D eigenvalue weighted by Gasteiger charge is 2.26. The molecule has 27 heavy (non-hydrogen) atoms. The molecule has 0 bridgehead atoms. The third kappa shape index (κ3) is 2.37. The minimum atomic E-state index is 1.18. The summed E-state index contributed by atoms with van der Waals surface area (Å²) in [5, 5.41) is 2.57. The normalized spacial score (nSPS) is 11.3. The number of H-pyrrole nitrogens is 1. The molecular weight excluding hydrogens is 328 g/mol. The molecule has 0 fully saturated rings. The van der Waals surface area contributed by atoms with Crippen LogP contribution in [0.5, 0.6) is 0 Å². The number of hydrogen-bond acceptors (Lipinski definition) is 0. The molecular formula is C25H21N2+. The molecule has 2 heteroatoms. The summed E-state index contributed by atoms with van der Waals surface area (Å²) in [6.45, 7) is 2.21. The number of fused-ring (bicyclic) bond motifs is 3. The van der Waals surface area contributed by atoms with Crippen molar-refractivity contribution in [3.63, 3.8) is 0 Å². The van der Waals surface area contributed by atoms with Crippen molar-refractivity contribution < 1.29 is 4.57 Å². The fourth-order valence-electron chi connectivity index (χ4n) is 4.15. The van der Waals surface area contributed by atoms with Crippen molar-refractivity contribution in [2.24, 2.45) is 7.05 Å². The van der Waals surface area contributed by atoms with Gasteiger partial charge in [0.2, 0.25) is 5.69 Å². The number of hydrogen-bond donors (Lipinski definition) is 1. The van der Waals surface area contributed by atoms with E-state index in [1.54, 1.807) is 0 Å². The Hall–Kier alpha value is -3.39. The zero-order chi connectivity index (χ0) is 18.4. The first-order valence-electron chi connectivity index (χ1n) is 9.29. The summed E-state index contributed by atoms with van der Waals surface area (Å²) < 4.78 is 2.33. The maximum absolute atomic E-state index is 3.71. The second-order valence-electron chi connectivity index (χ2n) is 7.02. The van der Waals surface area contributed by atoms with Gasteiger partial charge in [-0.3, -0.25) is 0 Å². The zero-order valence-corrected chi connectivity index (χ0v) is 15.5. The van der Waals surface area contributed by atoms with Crippen LogP contribution >= 0.6 is 0 Å². The summed E-state index contributed by atoms with van der Waals surface area (Å²) in [5.41, 5.74) is 8.58. The standard InChI is InChI=1S/C25H20N2/c1-17-22-20-15-9-10-16-21(20)26-24(22)23(18-11-5-3-6-12-18)25(27(17)2)19-13-7-4-8-14-19/h3-16H,1-2H3/p+1. The lowest BCUT2D eigenvalue weighted by Gasteiger charge is -2.12. The predicted octanol–water partition coefficient (Wildman–Crippen LogP) is 5.79. The molecule has 5 aromatic rings. The maximum Gasteiger partial charge on any atom is 0.222 e. The van der Waals surface area contributed by atoms with Gasteiger partial charge in [0.05, 0.1) is 16.5 Å². The van der Waals surface area contributed by atoms with E-state index in [9.17, 15) is 0 Å². The minimum absolute atomic E-state index is 1.18. The SMILES string of the molecule is Cc1c2c([nH]c3ccccc32)c(-c2ccccc2)c(-c2ccccc2)[n+]1C. The van der Waals surface area contributed by atoms with Crippen LogP contribution in [0.3, 0.4) is 0 Å². The van der Waals surface area contributed by atoms with Gasteiger partial charge in [-0.25, -0.2) is 0 Å². The molecule has 0 aliphatic rings. The average molecular weight is 349 g/mol. The first-order chi connectivity index (χ1) is 13.3. The van der Waals surface area contributed by atoms with Crippen molar-refractivity contribution >= 4 is 21.8 Å². The van der Waals surface area contributed by atoms with Crippen LogP contribution in [0, 0.1) is 6.92 Å². The molecule has 0 atom stereocenters. The van der Waals surface area contributed by atoms with E-state index in [-0.39, 0.29) is 0 Å². The number of pyridine rings is 1. The average Bonchev–Trinajstić information content (AvgIpc) is 3.11. The minimum Gasteiger partial charge on any atom is -0.354 e. The van der Waals surface area contributed by atoms with Gasteiger partial charge < -0.3 is 4.98 Å². The Morgan fingerprint density at radius 2 is 1.30 bits per heavy atom. The Morgan fingerprint density at radius 1 is 0.704 bits per heavy atom. The summed E-state index contributed by atoms with van der Waals surface area (Å²) in [6.07, 6.45) is 0. The van der Waals surface area contributed by atoms with E-state index in [1.807, 2.05) is 0 Å². The lowest BCUT2D eigenvalue weighted by molar-refractivity contribution is -0.664. The van der Waals surface area contributed by atoms with Crippen LogP contribution in [0.2, 0.25) is 0 Å². The number of para-hydroxylation sites is 1. The molecule has 3 aromatic carbocycles. The fraction of sp³-hybridized carbons (Fsp3) is 0.0800. The van der Waals surface area contributed by atoms with Gasteiger partial charge in [-0.05, 0) is 23.8 Å². The Balaban J connectivity index is 2.03. The summed E-state index contributed by atoms with van der Waals surface area (Å²) in [7, 11) is 2.17. The first-order valence-corrected chi connectivity index (χ1v) is 9.29. The van der Waals surface area contributed by atoms with E-state index < -0.39 is 0 Å².